The standard InChI is InChI=1S/C12H13F2N3/c1-2-11-8(6-15)7-16-17(11)12-4-3-9(13)5-10(12)14/h3-5,7H,2,6,15H2,1H3. The van der Waals surface area contributed by atoms with Crippen molar-refractivity contribution in [1.82, 2.24) is 9.78 Å². The molecule has 0 saturated heterocycles. The van der Waals surface area contributed by atoms with Crippen LogP contribution in [0.3, 0.4) is 0 Å². The third-order valence-corrected chi connectivity index (χ3v) is 2.65. The number of hydrogen-bond donors (Lipinski definition) is 1. The summed E-state index contributed by atoms with van der Waals surface area (Å²) < 4.78 is 27.9. The highest BCUT2D eigenvalue weighted by atomic mass is 19.1. The molecule has 2 aromatic rings. The maximum absolute atomic E-state index is 13.6. The van der Waals surface area contributed by atoms with Gasteiger partial charge in [0.05, 0.1) is 6.20 Å². The van der Waals surface area contributed by atoms with Gasteiger partial charge in [0.1, 0.15) is 11.5 Å². The molecule has 0 aliphatic rings. The first kappa shape index (κ1) is 11.7. The fraction of sp³-hybridized carbons (Fsp3) is 0.250. The van der Waals surface area contributed by atoms with E-state index in [-0.39, 0.29) is 5.69 Å². The van der Waals surface area contributed by atoms with E-state index in [1.165, 1.54) is 16.8 Å². The van der Waals surface area contributed by atoms with Gasteiger partial charge >= 0.3 is 0 Å². The van der Waals surface area contributed by atoms with Crippen LogP contribution in [0, 0.1) is 11.6 Å². The summed E-state index contributed by atoms with van der Waals surface area (Å²) in [6.07, 6.45) is 2.30. The van der Waals surface area contributed by atoms with Gasteiger partial charge in [0.15, 0.2) is 5.82 Å². The van der Waals surface area contributed by atoms with Gasteiger partial charge in [0, 0.05) is 23.9 Å². The van der Waals surface area contributed by atoms with Crippen LogP contribution in [-0.2, 0) is 13.0 Å². The second-order valence-electron chi connectivity index (χ2n) is 3.68. The molecule has 90 valence electrons. The summed E-state index contributed by atoms with van der Waals surface area (Å²) in [6.45, 7) is 2.29. The molecule has 0 bridgehead atoms. The molecule has 1 aromatic heterocycles. The summed E-state index contributed by atoms with van der Waals surface area (Å²) in [4.78, 5) is 0. The highest BCUT2D eigenvalue weighted by Crippen LogP contribution is 2.19. The van der Waals surface area contributed by atoms with Crippen LogP contribution in [0.1, 0.15) is 18.2 Å². The summed E-state index contributed by atoms with van der Waals surface area (Å²) in [7, 11) is 0. The van der Waals surface area contributed by atoms with Crippen LogP contribution in [0.25, 0.3) is 5.69 Å². The van der Waals surface area contributed by atoms with Gasteiger partial charge in [-0.3, -0.25) is 0 Å². The smallest absolute Gasteiger partial charge is 0.151 e. The van der Waals surface area contributed by atoms with Crippen molar-refractivity contribution in [3.8, 4) is 5.69 Å². The molecule has 0 aliphatic carbocycles. The monoisotopic (exact) mass is 237 g/mol. The van der Waals surface area contributed by atoms with E-state index in [4.69, 9.17) is 5.73 Å². The number of nitrogens with two attached hydrogens (primary N) is 1. The Kier molecular flexibility index (Phi) is 3.19. The molecule has 1 heterocycles. The minimum atomic E-state index is -0.633. The second kappa shape index (κ2) is 4.63. The van der Waals surface area contributed by atoms with E-state index in [1.54, 1.807) is 6.20 Å². The van der Waals surface area contributed by atoms with Crippen LogP contribution in [0.2, 0.25) is 0 Å². The largest absolute Gasteiger partial charge is 0.326 e. The Hall–Kier alpha value is -1.75. The molecule has 3 nitrogen and oxygen atoms in total. The third-order valence-electron chi connectivity index (χ3n) is 2.65. The first-order chi connectivity index (χ1) is 8.17. The molecular formula is C12H13F2N3. The Bertz CT molecular complexity index is 535. The third kappa shape index (κ3) is 2.06. The van der Waals surface area contributed by atoms with E-state index >= 15 is 0 Å². The Morgan fingerprint density at radius 2 is 2.12 bits per heavy atom. The summed E-state index contributed by atoms with van der Waals surface area (Å²) in [6, 6.07) is 3.43. The van der Waals surface area contributed by atoms with Gasteiger partial charge in [0.2, 0.25) is 0 Å². The minimum Gasteiger partial charge on any atom is -0.326 e. The molecule has 0 unspecified atom stereocenters. The van der Waals surface area contributed by atoms with Crippen molar-refractivity contribution in [2.45, 2.75) is 19.9 Å². The molecule has 0 radical (unpaired) electrons. The fourth-order valence-electron chi connectivity index (χ4n) is 1.82. The number of nitrogens with zero attached hydrogens (tertiary/aromatic N) is 2. The zero-order valence-corrected chi connectivity index (χ0v) is 9.45. The van der Waals surface area contributed by atoms with E-state index in [9.17, 15) is 8.78 Å². The maximum atomic E-state index is 13.6. The van der Waals surface area contributed by atoms with Crippen molar-refractivity contribution < 1.29 is 8.78 Å². The second-order valence-corrected chi connectivity index (χ2v) is 3.68. The summed E-state index contributed by atoms with van der Waals surface area (Å²) in [5.74, 6) is -1.23. The first-order valence-electron chi connectivity index (χ1n) is 5.38. The number of hydrogen-bond acceptors (Lipinski definition) is 2. The predicted molar refractivity (Wildman–Crippen MR) is 60.7 cm³/mol. The van der Waals surface area contributed by atoms with Crippen LogP contribution in [0.15, 0.2) is 24.4 Å². The number of benzene rings is 1. The van der Waals surface area contributed by atoms with Crippen LogP contribution >= 0.6 is 0 Å². The van der Waals surface area contributed by atoms with Crippen molar-refractivity contribution in [2.24, 2.45) is 5.73 Å². The van der Waals surface area contributed by atoms with Gasteiger partial charge in [-0.25, -0.2) is 13.5 Å². The maximum Gasteiger partial charge on any atom is 0.151 e. The molecule has 2 rings (SSSR count). The van der Waals surface area contributed by atoms with Gasteiger partial charge in [-0.15, -0.1) is 0 Å². The molecule has 0 amide bonds. The van der Waals surface area contributed by atoms with E-state index in [0.29, 0.717) is 13.0 Å². The Labute approximate surface area is 97.9 Å². The zero-order valence-electron chi connectivity index (χ0n) is 9.45. The number of aromatic nitrogens is 2. The van der Waals surface area contributed by atoms with E-state index in [1.807, 2.05) is 6.92 Å². The van der Waals surface area contributed by atoms with Gasteiger partial charge in [-0.05, 0) is 18.6 Å². The Balaban J connectivity index is 2.56. The highest BCUT2D eigenvalue weighted by molar-refractivity contribution is 5.36. The lowest BCUT2D eigenvalue weighted by atomic mass is 10.2. The Morgan fingerprint density at radius 1 is 1.35 bits per heavy atom. The van der Waals surface area contributed by atoms with Gasteiger partial charge in [0.25, 0.3) is 0 Å². The molecule has 0 saturated carbocycles. The van der Waals surface area contributed by atoms with Crippen molar-refractivity contribution in [3.63, 3.8) is 0 Å². The van der Waals surface area contributed by atoms with E-state index in [2.05, 4.69) is 5.10 Å². The predicted octanol–water partition coefficient (Wildman–Crippen LogP) is 2.17. The topological polar surface area (TPSA) is 43.8 Å². The van der Waals surface area contributed by atoms with E-state index in [0.717, 1.165) is 17.3 Å². The van der Waals surface area contributed by atoms with Crippen molar-refractivity contribution in [1.29, 1.82) is 0 Å². The zero-order chi connectivity index (χ0) is 12.4. The number of rotatable bonds is 3. The molecule has 2 N–H and O–H groups in total. The van der Waals surface area contributed by atoms with Crippen LogP contribution < -0.4 is 5.73 Å². The lowest BCUT2D eigenvalue weighted by Crippen LogP contribution is -2.06. The first-order valence-corrected chi connectivity index (χ1v) is 5.38. The molecule has 0 atom stereocenters. The molecule has 5 heteroatoms. The van der Waals surface area contributed by atoms with Crippen LogP contribution in [-0.4, -0.2) is 9.78 Å². The normalized spacial score (nSPS) is 10.8. The molecular weight excluding hydrogens is 224 g/mol. The van der Waals surface area contributed by atoms with Crippen LogP contribution in [0.5, 0.6) is 0 Å². The summed E-state index contributed by atoms with van der Waals surface area (Å²) >= 11 is 0. The quantitative estimate of drug-likeness (QED) is 0.889. The molecule has 17 heavy (non-hydrogen) atoms. The van der Waals surface area contributed by atoms with Gasteiger partial charge < -0.3 is 5.73 Å². The van der Waals surface area contributed by atoms with Crippen molar-refractivity contribution >= 4 is 0 Å². The van der Waals surface area contributed by atoms with Gasteiger partial charge in [-0.2, -0.15) is 5.10 Å². The minimum absolute atomic E-state index is 0.239. The van der Waals surface area contributed by atoms with Crippen molar-refractivity contribution in [3.05, 3.63) is 47.3 Å². The van der Waals surface area contributed by atoms with Crippen LogP contribution in [0.4, 0.5) is 8.78 Å². The summed E-state index contributed by atoms with van der Waals surface area (Å²) in [5, 5.41) is 4.09. The average Bonchev–Trinajstić information content (AvgIpc) is 2.71. The molecule has 0 spiro atoms. The van der Waals surface area contributed by atoms with Crippen molar-refractivity contribution in [2.75, 3.05) is 0 Å². The summed E-state index contributed by atoms with van der Waals surface area (Å²) in [5.41, 5.74) is 7.53. The Morgan fingerprint density at radius 3 is 2.71 bits per heavy atom. The average molecular weight is 237 g/mol. The molecule has 1 aromatic carbocycles. The SMILES string of the molecule is CCc1c(CN)cnn1-c1ccc(F)cc1F. The molecule has 0 aliphatic heterocycles. The van der Waals surface area contributed by atoms with Gasteiger partial charge in [-0.1, -0.05) is 6.92 Å². The highest BCUT2D eigenvalue weighted by Gasteiger charge is 2.13. The van der Waals surface area contributed by atoms with E-state index < -0.39 is 11.6 Å². The lowest BCUT2D eigenvalue weighted by Gasteiger charge is -2.08. The molecule has 0 fully saturated rings. The lowest BCUT2D eigenvalue weighted by molar-refractivity contribution is 0.571. The number of halogens is 2. The fourth-order valence-corrected chi connectivity index (χ4v) is 1.82.